The fourth-order valence-corrected chi connectivity index (χ4v) is 3.69. The smallest absolute Gasteiger partial charge is 0.233 e. The molecule has 1 saturated heterocycles. The Balaban J connectivity index is 1.57. The predicted molar refractivity (Wildman–Crippen MR) is 71.9 cm³/mol. The van der Waals surface area contributed by atoms with Gasteiger partial charge in [-0.15, -0.1) is 5.10 Å². The van der Waals surface area contributed by atoms with Gasteiger partial charge in [-0.1, -0.05) is 24.6 Å². The maximum Gasteiger partial charge on any atom is 0.233 e. The fraction of sp³-hybridized carbons (Fsp3) is 0.833. The summed E-state index contributed by atoms with van der Waals surface area (Å²) in [5, 5.41) is 12.7. The van der Waals surface area contributed by atoms with Crippen LogP contribution >= 0.6 is 11.8 Å². The summed E-state index contributed by atoms with van der Waals surface area (Å²) in [6.07, 6.45) is 7.08. The number of tetrazole rings is 1. The van der Waals surface area contributed by atoms with Crippen LogP contribution in [0.1, 0.15) is 44.6 Å². The summed E-state index contributed by atoms with van der Waals surface area (Å²) in [6.45, 7) is 1.82. The van der Waals surface area contributed by atoms with E-state index in [1.165, 1.54) is 24.6 Å². The van der Waals surface area contributed by atoms with Crippen molar-refractivity contribution in [2.45, 2.75) is 49.7 Å². The summed E-state index contributed by atoms with van der Waals surface area (Å²) in [5.41, 5.74) is 0. The van der Waals surface area contributed by atoms with Crippen LogP contribution in [0, 0.1) is 0 Å². The molecule has 1 aromatic heterocycles. The van der Waals surface area contributed by atoms with Gasteiger partial charge in [-0.05, 0) is 36.1 Å². The molecule has 0 radical (unpaired) electrons. The Labute approximate surface area is 116 Å². The maximum atomic E-state index is 12.0. The number of hydrogen-bond acceptors (Lipinski definition) is 5. The van der Waals surface area contributed by atoms with Crippen LogP contribution in [-0.2, 0) is 4.79 Å². The zero-order valence-corrected chi connectivity index (χ0v) is 11.8. The third-order valence-corrected chi connectivity index (χ3v) is 4.83. The van der Waals surface area contributed by atoms with Gasteiger partial charge >= 0.3 is 0 Å². The number of thioether (sulfide) groups is 1. The summed E-state index contributed by atoms with van der Waals surface area (Å²) in [7, 11) is 0. The van der Waals surface area contributed by atoms with Gasteiger partial charge in [0.1, 0.15) is 0 Å². The topological polar surface area (TPSA) is 63.9 Å². The zero-order chi connectivity index (χ0) is 13.1. The van der Waals surface area contributed by atoms with Crippen LogP contribution in [0.2, 0.25) is 0 Å². The third kappa shape index (κ3) is 2.91. The van der Waals surface area contributed by atoms with Gasteiger partial charge in [0, 0.05) is 13.1 Å². The number of likely N-dealkylation sites (tertiary alicyclic amines) is 1. The van der Waals surface area contributed by atoms with Gasteiger partial charge in [0.2, 0.25) is 11.1 Å². The van der Waals surface area contributed by atoms with Crippen molar-refractivity contribution in [2.75, 3.05) is 18.8 Å². The van der Waals surface area contributed by atoms with Crippen molar-refractivity contribution < 1.29 is 4.79 Å². The van der Waals surface area contributed by atoms with Crippen LogP contribution in [0.25, 0.3) is 0 Å². The number of amides is 1. The molecular weight excluding hydrogens is 262 g/mol. The molecule has 6 nitrogen and oxygen atoms in total. The molecule has 1 aliphatic carbocycles. The highest BCUT2D eigenvalue weighted by Crippen LogP contribution is 2.31. The van der Waals surface area contributed by atoms with E-state index in [4.69, 9.17) is 0 Å². The molecule has 0 aromatic carbocycles. The first-order chi connectivity index (χ1) is 9.34. The Hall–Kier alpha value is -1.11. The zero-order valence-electron chi connectivity index (χ0n) is 11.0. The monoisotopic (exact) mass is 281 g/mol. The van der Waals surface area contributed by atoms with Crippen LogP contribution in [-0.4, -0.2) is 49.9 Å². The summed E-state index contributed by atoms with van der Waals surface area (Å²) in [6, 6.07) is 0.430. The molecule has 2 heterocycles. The van der Waals surface area contributed by atoms with E-state index < -0.39 is 0 Å². The van der Waals surface area contributed by atoms with Crippen molar-refractivity contribution in [1.29, 1.82) is 0 Å². The molecule has 1 aliphatic heterocycles. The molecule has 0 bridgehead atoms. The number of carbonyl (C=O) groups is 1. The first-order valence-electron chi connectivity index (χ1n) is 7.03. The SMILES string of the molecule is O=C(CSc1nnnn1C1CCCC1)N1CCCC1. The molecule has 2 aliphatic rings. The summed E-state index contributed by atoms with van der Waals surface area (Å²) >= 11 is 1.47. The average molecular weight is 281 g/mol. The van der Waals surface area contributed by atoms with E-state index in [0.29, 0.717) is 11.8 Å². The first-order valence-corrected chi connectivity index (χ1v) is 8.01. The summed E-state index contributed by atoms with van der Waals surface area (Å²) < 4.78 is 1.91. The molecule has 0 N–H and O–H groups in total. The number of aromatic nitrogens is 4. The Bertz CT molecular complexity index is 437. The molecule has 1 saturated carbocycles. The lowest BCUT2D eigenvalue weighted by molar-refractivity contribution is -0.127. The first kappa shape index (κ1) is 12.9. The number of rotatable bonds is 4. The minimum Gasteiger partial charge on any atom is -0.342 e. The molecule has 2 fully saturated rings. The highest BCUT2D eigenvalue weighted by molar-refractivity contribution is 7.99. The normalized spacial score (nSPS) is 20.3. The fourth-order valence-electron chi connectivity index (χ4n) is 2.84. The van der Waals surface area contributed by atoms with Gasteiger partial charge in [0.25, 0.3) is 0 Å². The Morgan fingerprint density at radius 3 is 2.68 bits per heavy atom. The van der Waals surface area contributed by atoms with E-state index in [0.717, 1.165) is 43.9 Å². The van der Waals surface area contributed by atoms with Gasteiger partial charge in [-0.2, -0.15) is 0 Å². The molecule has 7 heteroatoms. The third-order valence-electron chi connectivity index (χ3n) is 3.92. The molecule has 19 heavy (non-hydrogen) atoms. The average Bonchev–Trinajstić information content (AvgIpc) is 3.14. The lowest BCUT2D eigenvalue weighted by Crippen LogP contribution is -2.29. The Morgan fingerprint density at radius 2 is 1.95 bits per heavy atom. The minimum atomic E-state index is 0.212. The van der Waals surface area contributed by atoms with Crippen LogP contribution in [0.3, 0.4) is 0 Å². The van der Waals surface area contributed by atoms with Gasteiger partial charge in [0.05, 0.1) is 11.8 Å². The molecular formula is C12H19N5OS. The van der Waals surface area contributed by atoms with Gasteiger partial charge in [0.15, 0.2) is 0 Å². The largest absolute Gasteiger partial charge is 0.342 e. The van der Waals surface area contributed by atoms with E-state index >= 15 is 0 Å². The highest BCUT2D eigenvalue weighted by atomic mass is 32.2. The second-order valence-corrected chi connectivity index (χ2v) is 6.16. The van der Waals surface area contributed by atoms with Gasteiger partial charge in [-0.25, -0.2) is 4.68 Å². The molecule has 104 valence electrons. The van der Waals surface area contributed by atoms with Crippen molar-refractivity contribution in [3.63, 3.8) is 0 Å². The molecule has 0 spiro atoms. The van der Waals surface area contributed by atoms with Crippen molar-refractivity contribution >= 4 is 17.7 Å². The minimum absolute atomic E-state index is 0.212. The van der Waals surface area contributed by atoms with Crippen LogP contribution in [0.15, 0.2) is 5.16 Å². The van der Waals surface area contributed by atoms with Crippen molar-refractivity contribution in [2.24, 2.45) is 0 Å². The molecule has 3 rings (SSSR count). The van der Waals surface area contributed by atoms with Crippen molar-refractivity contribution in [3.8, 4) is 0 Å². The number of hydrogen-bond donors (Lipinski definition) is 0. The Morgan fingerprint density at radius 1 is 1.21 bits per heavy atom. The van der Waals surface area contributed by atoms with Crippen molar-refractivity contribution in [3.05, 3.63) is 0 Å². The van der Waals surface area contributed by atoms with E-state index in [2.05, 4.69) is 15.5 Å². The second kappa shape index (κ2) is 5.90. The van der Waals surface area contributed by atoms with Crippen LogP contribution in [0.5, 0.6) is 0 Å². The lowest BCUT2D eigenvalue weighted by atomic mass is 10.3. The van der Waals surface area contributed by atoms with E-state index in [1.54, 1.807) is 0 Å². The molecule has 1 amide bonds. The van der Waals surface area contributed by atoms with Crippen LogP contribution in [0.4, 0.5) is 0 Å². The molecule has 1 aromatic rings. The predicted octanol–water partition coefficient (Wildman–Crippen LogP) is 1.50. The quantitative estimate of drug-likeness (QED) is 0.783. The van der Waals surface area contributed by atoms with E-state index in [-0.39, 0.29) is 5.91 Å². The highest BCUT2D eigenvalue weighted by Gasteiger charge is 2.23. The maximum absolute atomic E-state index is 12.0. The van der Waals surface area contributed by atoms with Gasteiger partial charge < -0.3 is 4.90 Å². The number of nitrogens with zero attached hydrogens (tertiary/aromatic N) is 5. The van der Waals surface area contributed by atoms with Crippen LogP contribution < -0.4 is 0 Å². The second-order valence-electron chi connectivity index (χ2n) is 5.22. The summed E-state index contributed by atoms with van der Waals surface area (Å²) in [5.74, 6) is 0.663. The Kier molecular flexibility index (Phi) is 4.00. The lowest BCUT2D eigenvalue weighted by Gasteiger charge is -2.15. The number of carbonyl (C=O) groups excluding carboxylic acids is 1. The summed E-state index contributed by atoms with van der Waals surface area (Å²) in [4.78, 5) is 13.9. The van der Waals surface area contributed by atoms with E-state index in [1.807, 2.05) is 9.58 Å². The molecule has 0 unspecified atom stereocenters. The standard InChI is InChI=1S/C12H19N5OS/c18-11(16-7-3-4-8-16)9-19-12-13-14-15-17(12)10-5-1-2-6-10/h10H,1-9H2. The van der Waals surface area contributed by atoms with E-state index in [9.17, 15) is 4.79 Å². The van der Waals surface area contributed by atoms with Crippen molar-refractivity contribution in [1.82, 2.24) is 25.1 Å². The van der Waals surface area contributed by atoms with Gasteiger partial charge in [-0.3, -0.25) is 4.79 Å². The molecule has 0 atom stereocenters.